The maximum absolute atomic E-state index is 6.00. The van der Waals surface area contributed by atoms with E-state index >= 15 is 0 Å². The average molecular weight is 347 g/mol. The van der Waals surface area contributed by atoms with Crippen molar-refractivity contribution < 1.29 is 9.47 Å². The normalized spacial score (nSPS) is 13.4. The number of pyridine rings is 1. The number of methoxy groups -OCH3 is 1. The van der Waals surface area contributed by atoms with E-state index in [9.17, 15) is 0 Å². The molecule has 0 amide bonds. The van der Waals surface area contributed by atoms with Crippen LogP contribution in [0.4, 0.5) is 5.69 Å². The van der Waals surface area contributed by atoms with Crippen molar-refractivity contribution >= 4 is 5.69 Å². The van der Waals surface area contributed by atoms with Gasteiger partial charge in [0.25, 0.3) is 0 Å². The van der Waals surface area contributed by atoms with Crippen LogP contribution in [0.3, 0.4) is 0 Å². The average Bonchev–Trinajstić information content (AvgIpc) is 3.08. The molecule has 1 aliphatic heterocycles. The monoisotopic (exact) mass is 347 g/mol. The molecule has 2 N–H and O–H groups in total. The minimum absolute atomic E-state index is 0.453. The Morgan fingerprint density at radius 2 is 1.88 bits per heavy atom. The SMILES string of the molecule is COc1ccc(CN2Cc3cccc(Oc4ncccc4N)c3C2)cc1. The van der Waals surface area contributed by atoms with E-state index in [1.165, 1.54) is 16.7 Å². The summed E-state index contributed by atoms with van der Waals surface area (Å²) in [6.45, 7) is 2.62. The van der Waals surface area contributed by atoms with E-state index < -0.39 is 0 Å². The minimum atomic E-state index is 0.453. The van der Waals surface area contributed by atoms with Crippen LogP contribution in [0.2, 0.25) is 0 Å². The number of nitrogens with zero attached hydrogens (tertiary/aromatic N) is 2. The molecule has 0 saturated carbocycles. The second-order valence-corrected chi connectivity index (χ2v) is 6.39. The number of hydrogen-bond acceptors (Lipinski definition) is 5. The fourth-order valence-electron chi connectivity index (χ4n) is 3.25. The molecule has 0 unspecified atom stereocenters. The number of ether oxygens (including phenoxy) is 2. The van der Waals surface area contributed by atoms with Crippen LogP contribution in [-0.4, -0.2) is 17.0 Å². The van der Waals surface area contributed by atoms with Gasteiger partial charge in [-0.15, -0.1) is 0 Å². The molecule has 0 fully saturated rings. The maximum Gasteiger partial charge on any atom is 0.242 e. The number of fused-ring (bicyclic) bond motifs is 1. The molecule has 2 aromatic carbocycles. The zero-order valence-electron chi connectivity index (χ0n) is 14.7. The van der Waals surface area contributed by atoms with Gasteiger partial charge in [-0.05, 0) is 41.5 Å². The molecule has 132 valence electrons. The van der Waals surface area contributed by atoms with Gasteiger partial charge in [-0.2, -0.15) is 0 Å². The molecule has 1 aromatic heterocycles. The molecule has 0 bridgehead atoms. The van der Waals surface area contributed by atoms with Gasteiger partial charge in [0.2, 0.25) is 5.88 Å². The van der Waals surface area contributed by atoms with E-state index in [2.05, 4.69) is 28.1 Å². The number of anilines is 1. The van der Waals surface area contributed by atoms with Crippen LogP contribution in [0.1, 0.15) is 16.7 Å². The van der Waals surface area contributed by atoms with Gasteiger partial charge in [0.05, 0.1) is 12.8 Å². The largest absolute Gasteiger partial charge is 0.497 e. The van der Waals surface area contributed by atoms with Gasteiger partial charge in [-0.25, -0.2) is 4.98 Å². The second kappa shape index (κ2) is 7.06. The number of nitrogens with two attached hydrogens (primary N) is 1. The summed E-state index contributed by atoms with van der Waals surface area (Å²) < 4.78 is 11.2. The molecule has 4 rings (SSSR count). The first-order valence-electron chi connectivity index (χ1n) is 8.57. The molecule has 0 saturated heterocycles. The van der Waals surface area contributed by atoms with Crippen LogP contribution in [0.15, 0.2) is 60.8 Å². The lowest BCUT2D eigenvalue weighted by Gasteiger charge is -2.15. The third kappa shape index (κ3) is 3.34. The Balaban J connectivity index is 1.51. The van der Waals surface area contributed by atoms with Crippen LogP contribution < -0.4 is 15.2 Å². The molecule has 5 nitrogen and oxygen atoms in total. The van der Waals surface area contributed by atoms with E-state index in [0.717, 1.165) is 31.1 Å². The number of nitrogen functional groups attached to an aromatic ring is 1. The summed E-state index contributed by atoms with van der Waals surface area (Å²) in [7, 11) is 1.68. The molecular formula is C21H21N3O2. The van der Waals surface area contributed by atoms with Crippen molar-refractivity contribution in [2.45, 2.75) is 19.6 Å². The van der Waals surface area contributed by atoms with Crippen molar-refractivity contribution in [3.63, 3.8) is 0 Å². The standard InChI is InChI=1S/C21H21N3O2/c1-25-17-9-7-15(8-10-17)12-24-13-16-4-2-6-20(18(16)14-24)26-21-19(22)5-3-11-23-21/h2-11H,12-14,22H2,1H3. The summed E-state index contributed by atoms with van der Waals surface area (Å²) in [6, 6.07) is 17.9. The van der Waals surface area contributed by atoms with E-state index in [0.29, 0.717) is 11.6 Å². The first-order chi connectivity index (χ1) is 12.7. The van der Waals surface area contributed by atoms with E-state index in [1.807, 2.05) is 24.3 Å². The molecule has 3 aromatic rings. The predicted octanol–water partition coefficient (Wildman–Crippen LogP) is 3.98. The Morgan fingerprint density at radius 3 is 2.65 bits per heavy atom. The van der Waals surface area contributed by atoms with Gasteiger partial charge in [-0.1, -0.05) is 24.3 Å². The molecular weight excluding hydrogens is 326 g/mol. The Bertz CT molecular complexity index is 909. The highest BCUT2D eigenvalue weighted by atomic mass is 16.5. The van der Waals surface area contributed by atoms with Crippen molar-refractivity contribution in [2.75, 3.05) is 12.8 Å². The number of rotatable bonds is 5. The highest BCUT2D eigenvalue weighted by Gasteiger charge is 2.23. The fraction of sp³-hybridized carbons (Fsp3) is 0.190. The highest BCUT2D eigenvalue weighted by Crippen LogP contribution is 2.35. The van der Waals surface area contributed by atoms with Crippen LogP contribution in [-0.2, 0) is 19.6 Å². The van der Waals surface area contributed by atoms with Gasteiger partial charge in [0, 0.05) is 31.4 Å². The maximum atomic E-state index is 6.00. The summed E-state index contributed by atoms with van der Waals surface area (Å²) >= 11 is 0. The van der Waals surface area contributed by atoms with Gasteiger partial charge < -0.3 is 15.2 Å². The molecule has 1 aliphatic rings. The Hall–Kier alpha value is -3.05. The number of benzene rings is 2. The van der Waals surface area contributed by atoms with Gasteiger partial charge in [0.15, 0.2) is 0 Å². The fourth-order valence-corrected chi connectivity index (χ4v) is 3.25. The Kier molecular flexibility index (Phi) is 4.46. The number of hydrogen-bond donors (Lipinski definition) is 1. The van der Waals surface area contributed by atoms with Gasteiger partial charge in [-0.3, -0.25) is 4.90 Å². The van der Waals surface area contributed by atoms with Crippen molar-refractivity contribution in [3.8, 4) is 17.4 Å². The zero-order chi connectivity index (χ0) is 17.9. The summed E-state index contributed by atoms with van der Waals surface area (Å²) in [4.78, 5) is 6.62. The van der Waals surface area contributed by atoms with Crippen LogP contribution >= 0.6 is 0 Å². The lowest BCUT2D eigenvalue weighted by Crippen LogP contribution is -2.15. The molecule has 5 heteroatoms. The summed E-state index contributed by atoms with van der Waals surface area (Å²) in [5.41, 5.74) is 10.2. The van der Waals surface area contributed by atoms with Crippen LogP contribution in [0, 0.1) is 0 Å². The Labute approximate surface area is 153 Å². The minimum Gasteiger partial charge on any atom is -0.497 e. The number of aromatic nitrogens is 1. The first-order valence-corrected chi connectivity index (χ1v) is 8.57. The first kappa shape index (κ1) is 16.4. The quantitative estimate of drug-likeness (QED) is 0.756. The van der Waals surface area contributed by atoms with Crippen molar-refractivity contribution in [3.05, 3.63) is 77.5 Å². The zero-order valence-corrected chi connectivity index (χ0v) is 14.7. The highest BCUT2D eigenvalue weighted by molar-refractivity contribution is 5.51. The van der Waals surface area contributed by atoms with Crippen molar-refractivity contribution in [1.82, 2.24) is 9.88 Å². The van der Waals surface area contributed by atoms with E-state index in [-0.39, 0.29) is 0 Å². The molecule has 0 aliphatic carbocycles. The third-order valence-corrected chi connectivity index (χ3v) is 4.58. The molecule has 0 spiro atoms. The lowest BCUT2D eigenvalue weighted by atomic mass is 10.1. The van der Waals surface area contributed by atoms with Crippen LogP contribution in [0.5, 0.6) is 17.4 Å². The van der Waals surface area contributed by atoms with Gasteiger partial charge >= 0.3 is 0 Å². The van der Waals surface area contributed by atoms with Crippen molar-refractivity contribution in [1.29, 1.82) is 0 Å². The summed E-state index contributed by atoms with van der Waals surface area (Å²) in [5, 5.41) is 0. The second-order valence-electron chi connectivity index (χ2n) is 6.39. The van der Waals surface area contributed by atoms with Gasteiger partial charge in [0.1, 0.15) is 11.5 Å². The van der Waals surface area contributed by atoms with Crippen molar-refractivity contribution in [2.24, 2.45) is 0 Å². The van der Waals surface area contributed by atoms with E-state index in [1.54, 1.807) is 25.4 Å². The third-order valence-electron chi connectivity index (χ3n) is 4.58. The van der Waals surface area contributed by atoms with E-state index in [4.69, 9.17) is 15.2 Å². The lowest BCUT2D eigenvalue weighted by molar-refractivity contribution is 0.273. The summed E-state index contributed by atoms with van der Waals surface area (Å²) in [6.07, 6.45) is 1.69. The topological polar surface area (TPSA) is 60.6 Å². The summed E-state index contributed by atoms with van der Waals surface area (Å²) in [5.74, 6) is 2.15. The molecule has 26 heavy (non-hydrogen) atoms. The molecule has 2 heterocycles. The Morgan fingerprint density at radius 1 is 1.04 bits per heavy atom. The molecule has 0 atom stereocenters. The predicted molar refractivity (Wildman–Crippen MR) is 101 cm³/mol. The molecule has 0 radical (unpaired) electrons. The smallest absolute Gasteiger partial charge is 0.242 e. The van der Waals surface area contributed by atoms with Crippen LogP contribution in [0.25, 0.3) is 0 Å².